The average Bonchev–Trinajstić information content (AvgIpc) is 3.04. The Morgan fingerprint density at radius 3 is 3.04 bits per heavy atom. The number of carbonyl (C=O) groups excluding carboxylic acids is 1. The van der Waals surface area contributed by atoms with Gasteiger partial charge in [0.15, 0.2) is 11.7 Å². The first-order chi connectivity index (χ1) is 12.0. The van der Waals surface area contributed by atoms with Crippen LogP contribution < -0.4 is 10.6 Å². The van der Waals surface area contributed by atoms with E-state index in [1.54, 1.807) is 24.4 Å². The Morgan fingerprint density at radius 2 is 2.28 bits per heavy atom. The minimum atomic E-state index is 0.0306. The second kappa shape index (κ2) is 8.21. The Morgan fingerprint density at radius 1 is 1.44 bits per heavy atom. The van der Waals surface area contributed by atoms with Gasteiger partial charge in [-0.15, -0.1) is 0 Å². The molecule has 0 aliphatic carbocycles. The van der Waals surface area contributed by atoms with Crippen LogP contribution >= 0.6 is 23.2 Å². The smallest absolute Gasteiger partial charge is 0.220 e. The third kappa shape index (κ3) is 4.75. The number of oxazole rings is 1. The van der Waals surface area contributed by atoms with Crippen molar-refractivity contribution >= 4 is 29.1 Å². The summed E-state index contributed by atoms with van der Waals surface area (Å²) in [6.45, 7) is 4.03. The summed E-state index contributed by atoms with van der Waals surface area (Å²) in [6.07, 6.45) is 3.39. The van der Waals surface area contributed by atoms with E-state index in [0.29, 0.717) is 40.5 Å². The fourth-order valence-corrected chi connectivity index (χ4v) is 3.47. The lowest BCUT2D eigenvalue weighted by atomic mass is 9.95. The van der Waals surface area contributed by atoms with Gasteiger partial charge in [-0.3, -0.25) is 4.79 Å². The molecule has 25 heavy (non-hydrogen) atoms. The number of nitrogens with zero attached hydrogens (tertiary/aromatic N) is 1. The van der Waals surface area contributed by atoms with E-state index in [1.807, 2.05) is 0 Å². The summed E-state index contributed by atoms with van der Waals surface area (Å²) in [5.41, 5.74) is 0.734. The molecule has 1 aromatic carbocycles. The normalized spacial score (nSPS) is 20.4. The highest BCUT2D eigenvalue weighted by atomic mass is 35.5. The highest BCUT2D eigenvalue weighted by Crippen LogP contribution is 2.30. The molecule has 2 unspecified atom stereocenters. The van der Waals surface area contributed by atoms with Crippen LogP contribution in [0.3, 0.4) is 0 Å². The summed E-state index contributed by atoms with van der Waals surface area (Å²) in [5, 5.41) is 7.51. The Hall–Kier alpha value is -1.56. The number of piperidine rings is 1. The quantitative estimate of drug-likeness (QED) is 0.828. The average molecular weight is 382 g/mol. The van der Waals surface area contributed by atoms with Gasteiger partial charge in [-0.1, -0.05) is 30.1 Å². The number of halogens is 2. The van der Waals surface area contributed by atoms with E-state index in [2.05, 4.69) is 22.5 Å². The molecule has 5 nitrogen and oxygen atoms in total. The molecule has 1 aromatic heterocycles. The molecule has 0 bridgehead atoms. The number of carbonyl (C=O) groups is 1. The molecule has 0 saturated carbocycles. The molecule has 0 radical (unpaired) electrons. The van der Waals surface area contributed by atoms with E-state index in [9.17, 15) is 4.79 Å². The summed E-state index contributed by atoms with van der Waals surface area (Å²) in [4.78, 5) is 16.4. The predicted molar refractivity (Wildman–Crippen MR) is 98.9 cm³/mol. The Balaban J connectivity index is 1.55. The van der Waals surface area contributed by atoms with Crippen molar-refractivity contribution in [1.29, 1.82) is 0 Å². The summed E-state index contributed by atoms with van der Waals surface area (Å²) in [5.74, 6) is 1.57. The lowest BCUT2D eigenvalue weighted by Crippen LogP contribution is -2.48. The summed E-state index contributed by atoms with van der Waals surface area (Å²) >= 11 is 12.1. The zero-order chi connectivity index (χ0) is 17.8. The second-order valence-electron chi connectivity index (χ2n) is 6.39. The van der Waals surface area contributed by atoms with Gasteiger partial charge >= 0.3 is 0 Å². The number of hydrogen-bond acceptors (Lipinski definition) is 4. The first kappa shape index (κ1) is 18.2. The summed E-state index contributed by atoms with van der Waals surface area (Å²) in [7, 11) is 0. The number of aryl methyl sites for hydroxylation is 1. The van der Waals surface area contributed by atoms with Gasteiger partial charge in [-0.25, -0.2) is 4.98 Å². The van der Waals surface area contributed by atoms with Crippen LogP contribution in [-0.2, 0) is 11.2 Å². The van der Waals surface area contributed by atoms with Crippen LogP contribution in [0, 0.1) is 5.92 Å². The van der Waals surface area contributed by atoms with Gasteiger partial charge in [0.05, 0.1) is 11.2 Å². The van der Waals surface area contributed by atoms with Gasteiger partial charge in [-0.05, 0) is 43.6 Å². The van der Waals surface area contributed by atoms with Crippen LogP contribution in [0.15, 0.2) is 28.8 Å². The Bertz CT molecular complexity index is 748. The van der Waals surface area contributed by atoms with Crippen LogP contribution in [0.1, 0.15) is 25.7 Å². The van der Waals surface area contributed by atoms with E-state index in [4.69, 9.17) is 27.6 Å². The summed E-state index contributed by atoms with van der Waals surface area (Å²) in [6, 6.07) is 5.44. The van der Waals surface area contributed by atoms with Gasteiger partial charge in [0.2, 0.25) is 5.91 Å². The van der Waals surface area contributed by atoms with Crippen LogP contribution in [-0.4, -0.2) is 30.0 Å². The fourth-order valence-electron chi connectivity index (χ4n) is 2.97. The lowest BCUT2D eigenvalue weighted by Gasteiger charge is -2.30. The molecule has 1 amide bonds. The van der Waals surface area contributed by atoms with Crippen molar-refractivity contribution in [3.05, 3.63) is 40.3 Å². The van der Waals surface area contributed by atoms with E-state index in [0.717, 1.165) is 25.1 Å². The molecule has 2 aromatic rings. The van der Waals surface area contributed by atoms with Crippen molar-refractivity contribution in [1.82, 2.24) is 15.6 Å². The van der Waals surface area contributed by atoms with E-state index in [1.165, 1.54) is 0 Å². The van der Waals surface area contributed by atoms with Gasteiger partial charge in [0.25, 0.3) is 0 Å². The molecule has 2 N–H and O–H groups in total. The molecule has 1 saturated heterocycles. The highest BCUT2D eigenvalue weighted by molar-refractivity contribution is 6.36. The number of amides is 1. The number of hydrogen-bond donors (Lipinski definition) is 2. The topological polar surface area (TPSA) is 67.2 Å². The van der Waals surface area contributed by atoms with E-state index < -0.39 is 0 Å². The number of aromatic nitrogens is 1. The van der Waals surface area contributed by atoms with Gasteiger partial charge in [0, 0.05) is 29.5 Å². The molecule has 3 rings (SSSR count). The molecule has 1 fully saturated rings. The number of rotatable bonds is 5. The molecular formula is C18H21Cl2N3O2. The molecule has 0 spiro atoms. The third-order valence-electron chi connectivity index (χ3n) is 4.45. The zero-order valence-electron chi connectivity index (χ0n) is 14.0. The third-order valence-corrected chi connectivity index (χ3v) is 5.00. The zero-order valence-corrected chi connectivity index (χ0v) is 15.5. The monoisotopic (exact) mass is 381 g/mol. The fraction of sp³-hybridized carbons (Fsp3) is 0.444. The van der Waals surface area contributed by atoms with Gasteiger partial charge in [0.1, 0.15) is 0 Å². The number of nitrogens with one attached hydrogen (secondary N) is 2. The Kier molecular flexibility index (Phi) is 5.99. The van der Waals surface area contributed by atoms with E-state index >= 15 is 0 Å². The van der Waals surface area contributed by atoms with Gasteiger partial charge in [-0.2, -0.15) is 0 Å². The van der Waals surface area contributed by atoms with Crippen molar-refractivity contribution in [3.63, 3.8) is 0 Å². The van der Waals surface area contributed by atoms with E-state index in [-0.39, 0.29) is 11.9 Å². The van der Waals surface area contributed by atoms with Crippen molar-refractivity contribution in [2.24, 2.45) is 5.92 Å². The van der Waals surface area contributed by atoms with Crippen LogP contribution in [0.2, 0.25) is 10.0 Å². The lowest BCUT2D eigenvalue weighted by molar-refractivity contribution is -0.122. The second-order valence-corrected chi connectivity index (χ2v) is 7.23. The maximum absolute atomic E-state index is 12.2. The minimum absolute atomic E-state index is 0.0306. The largest absolute Gasteiger partial charge is 0.441 e. The first-order valence-electron chi connectivity index (χ1n) is 8.43. The van der Waals surface area contributed by atoms with Crippen molar-refractivity contribution < 1.29 is 9.21 Å². The summed E-state index contributed by atoms with van der Waals surface area (Å²) < 4.78 is 5.72. The Labute approximate surface area is 157 Å². The number of benzene rings is 1. The minimum Gasteiger partial charge on any atom is -0.441 e. The van der Waals surface area contributed by atoms with Crippen molar-refractivity contribution in [3.8, 4) is 11.3 Å². The van der Waals surface area contributed by atoms with Crippen molar-refractivity contribution in [2.75, 3.05) is 13.1 Å². The highest BCUT2D eigenvalue weighted by Gasteiger charge is 2.22. The SMILES string of the molecule is CC1CNCCC1NC(=O)CCc1ncc(-c2ccc(Cl)cc2Cl)o1. The standard InChI is InChI=1S/C18H21Cl2N3O2/c1-11-9-21-7-6-15(11)23-17(24)4-5-18-22-10-16(25-18)13-3-2-12(19)8-14(13)20/h2-3,8,10-11,15,21H,4-7,9H2,1H3,(H,23,24). The molecule has 2 atom stereocenters. The molecule has 1 aliphatic rings. The van der Waals surface area contributed by atoms with Crippen LogP contribution in [0.25, 0.3) is 11.3 Å². The molecule has 2 heterocycles. The molecular weight excluding hydrogens is 361 g/mol. The maximum Gasteiger partial charge on any atom is 0.220 e. The molecule has 7 heteroatoms. The maximum atomic E-state index is 12.2. The predicted octanol–water partition coefficient (Wildman–Crippen LogP) is 3.70. The van der Waals surface area contributed by atoms with Crippen LogP contribution in [0.5, 0.6) is 0 Å². The van der Waals surface area contributed by atoms with Gasteiger partial charge < -0.3 is 15.1 Å². The van der Waals surface area contributed by atoms with Crippen molar-refractivity contribution in [2.45, 2.75) is 32.2 Å². The molecule has 1 aliphatic heterocycles. The first-order valence-corrected chi connectivity index (χ1v) is 9.18. The van der Waals surface area contributed by atoms with Crippen LogP contribution in [0.4, 0.5) is 0 Å². The molecule has 134 valence electrons.